The highest BCUT2D eigenvalue weighted by Crippen LogP contribution is 2.35. The van der Waals surface area contributed by atoms with Gasteiger partial charge < -0.3 is 15.2 Å². The van der Waals surface area contributed by atoms with E-state index in [-0.39, 0.29) is 23.4 Å². The first-order chi connectivity index (χ1) is 10.2. The number of ether oxygens (including phenoxy) is 1. The van der Waals surface area contributed by atoms with E-state index < -0.39 is 0 Å². The predicted molar refractivity (Wildman–Crippen MR) is 79.8 cm³/mol. The quantitative estimate of drug-likeness (QED) is 0.876. The average Bonchev–Trinajstić information content (AvgIpc) is 3.17. The van der Waals surface area contributed by atoms with Crippen molar-refractivity contribution in [1.29, 1.82) is 0 Å². The van der Waals surface area contributed by atoms with Gasteiger partial charge in [0.1, 0.15) is 5.82 Å². The SMILES string of the molecule is OCC1(NCC2(c3ccc(F)cc3)CCOC2)CCCC1. The molecule has 3 nitrogen and oxygen atoms in total. The van der Waals surface area contributed by atoms with Gasteiger partial charge in [-0.3, -0.25) is 0 Å². The zero-order valence-corrected chi connectivity index (χ0v) is 12.4. The largest absolute Gasteiger partial charge is 0.394 e. The summed E-state index contributed by atoms with van der Waals surface area (Å²) in [6.45, 7) is 2.37. The highest BCUT2D eigenvalue weighted by Gasteiger charge is 2.40. The van der Waals surface area contributed by atoms with Crippen LogP contribution in [0, 0.1) is 5.82 Å². The second-order valence-electron chi connectivity index (χ2n) is 6.59. The van der Waals surface area contributed by atoms with Gasteiger partial charge in [-0.2, -0.15) is 0 Å². The van der Waals surface area contributed by atoms with Crippen molar-refractivity contribution < 1.29 is 14.2 Å². The van der Waals surface area contributed by atoms with E-state index in [1.165, 1.54) is 25.0 Å². The third kappa shape index (κ3) is 2.98. The maximum atomic E-state index is 13.2. The van der Waals surface area contributed by atoms with Crippen molar-refractivity contribution in [3.63, 3.8) is 0 Å². The highest BCUT2D eigenvalue weighted by atomic mass is 19.1. The smallest absolute Gasteiger partial charge is 0.123 e. The summed E-state index contributed by atoms with van der Waals surface area (Å²) in [7, 11) is 0. The molecule has 4 heteroatoms. The number of nitrogens with one attached hydrogen (secondary N) is 1. The zero-order chi connectivity index (χ0) is 14.8. The topological polar surface area (TPSA) is 41.5 Å². The molecule has 1 aliphatic carbocycles. The molecule has 21 heavy (non-hydrogen) atoms. The number of aliphatic hydroxyl groups is 1. The molecule has 0 amide bonds. The van der Waals surface area contributed by atoms with Crippen LogP contribution < -0.4 is 5.32 Å². The van der Waals surface area contributed by atoms with Crippen molar-refractivity contribution in [2.45, 2.75) is 43.1 Å². The van der Waals surface area contributed by atoms with Gasteiger partial charge in [-0.15, -0.1) is 0 Å². The summed E-state index contributed by atoms with van der Waals surface area (Å²) < 4.78 is 18.8. The van der Waals surface area contributed by atoms with E-state index in [1.807, 2.05) is 12.1 Å². The molecule has 0 bridgehead atoms. The van der Waals surface area contributed by atoms with Crippen LogP contribution in [0.1, 0.15) is 37.7 Å². The molecule has 1 unspecified atom stereocenters. The minimum Gasteiger partial charge on any atom is -0.394 e. The molecule has 2 N–H and O–H groups in total. The van der Waals surface area contributed by atoms with E-state index >= 15 is 0 Å². The van der Waals surface area contributed by atoms with Crippen molar-refractivity contribution in [2.24, 2.45) is 0 Å². The normalized spacial score (nSPS) is 28.1. The highest BCUT2D eigenvalue weighted by molar-refractivity contribution is 5.28. The molecule has 1 saturated carbocycles. The van der Waals surface area contributed by atoms with Gasteiger partial charge in [0, 0.05) is 24.1 Å². The molecule has 1 saturated heterocycles. The number of benzene rings is 1. The minimum atomic E-state index is -0.205. The first-order valence-corrected chi connectivity index (χ1v) is 7.88. The standard InChI is InChI=1S/C17H24FNO2/c18-15-5-3-14(4-6-15)16(9-10-21-13-16)11-19-17(12-20)7-1-2-8-17/h3-6,19-20H,1-2,7-13H2. The third-order valence-corrected chi connectivity index (χ3v) is 5.23. The Balaban J connectivity index is 1.76. The second-order valence-corrected chi connectivity index (χ2v) is 6.59. The van der Waals surface area contributed by atoms with Gasteiger partial charge in [-0.05, 0) is 37.0 Å². The van der Waals surface area contributed by atoms with E-state index in [0.717, 1.165) is 38.0 Å². The summed E-state index contributed by atoms with van der Waals surface area (Å²) >= 11 is 0. The number of hydrogen-bond acceptors (Lipinski definition) is 3. The lowest BCUT2D eigenvalue weighted by Crippen LogP contribution is -2.52. The molecule has 0 aromatic heterocycles. The van der Waals surface area contributed by atoms with Crippen LogP contribution in [0.25, 0.3) is 0 Å². The van der Waals surface area contributed by atoms with Gasteiger partial charge in [0.25, 0.3) is 0 Å². The van der Waals surface area contributed by atoms with Crippen LogP contribution in [-0.2, 0) is 10.2 Å². The molecule has 0 spiro atoms. The summed E-state index contributed by atoms with van der Waals surface area (Å²) in [4.78, 5) is 0. The van der Waals surface area contributed by atoms with Crippen LogP contribution in [0.3, 0.4) is 0 Å². The summed E-state index contributed by atoms with van der Waals surface area (Å²) in [5, 5.41) is 13.4. The van der Waals surface area contributed by atoms with Crippen LogP contribution in [0.4, 0.5) is 4.39 Å². The van der Waals surface area contributed by atoms with Crippen LogP contribution in [-0.4, -0.2) is 37.0 Å². The number of rotatable bonds is 5. The molecule has 1 aromatic carbocycles. The minimum absolute atomic E-state index is 0.0988. The maximum absolute atomic E-state index is 13.2. The van der Waals surface area contributed by atoms with Crippen molar-refractivity contribution in [3.05, 3.63) is 35.6 Å². The molecular formula is C17H24FNO2. The van der Waals surface area contributed by atoms with Crippen molar-refractivity contribution in [1.82, 2.24) is 5.32 Å². The first-order valence-electron chi connectivity index (χ1n) is 7.88. The summed E-state index contributed by atoms with van der Waals surface area (Å²) in [6, 6.07) is 6.78. The Morgan fingerprint density at radius 2 is 1.86 bits per heavy atom. The molecule has 116 valence electrons. The van der Waals surface area contributed by atoms with Gasteiger partial charge >= 0.3 is 0 Å². The molecular weight excluding hydrogens is 269 g/mol. The van der Waals surface area contributed by atoms with E-state index in [4.69, 9.17) is 4.74 Å². The monoisotopic (exact) mass is 293 g/mol. The fourth-order valence-corrected chi connectivity index (χ4v) is 3.68. The van der Waals surface area contributed by atoms with Crippen LogP contribution in [0.15, 0.2) is 24.3 Å². The Labute approximate surface area is 125 Å². The molecule has 0 radical (unpaired) electrons. The van der Waals surface area contributed by atoms with Gasteiger partial charge in [-0.1, -0.05) is 25.0 Å². The molecule has 3 rings (SSSR count). The molecule has 2 fully saturated rings. The van der Waals surface area contributed by atoms with Gasteiger partial charge in [0.05, 0.1) is 13.2 Å². The van der Waals surface area contributed by atoms with E-state index in [2.05, 4.69) is 5.32 Å². The lowest BCUT2D eigenvalue weighted by Gasteiger charge is -2.35. The number of aliphatic hydroxyl groups excluding tert-OH is 1. The van der Waals surface area contributed by atoms with Crippen LogP contribution >= 0.6 is 0 Å². The predicted octanol–water partition coefficient (Wildman–Crippen LogP) is 2.38. The number of hydrogen-bond donors (Lipinski definition) is 2. The van der Waals surface area contributed by atoms with E-state index in [1.54, 1.807) is 0 Å². The van der Waals surface area contributed by atoms with E-state index in [9.17, 15) is 9.50 Å². The first kappa shape index (κ1) is 14.9. The van der Waals surface area contributed by atoms with Gasteiger partial charge in [-0.25, -0.2) is 4.39 Å². The fraction of sp³-hybridized carbons (Fsp3) is 0.647. The van der Waals surface area contributed by atoms with Gasteiger partial charge in [0.15, 0.2) is 0 Å². The fourth-order valence-electron chi connectivity index (χ4n) is 3.68. The Morgan fingerprint density at radius 1 is 1.14 bits per heavy atom. The van der Waals surface area contributed by atoms with Crippen LogP contribution in [0.5, 0.6) is 0 Å². The summed E-state index contributed by atoms with van der Waals surface area (Å²) in [6.07, 6.45) is 5.35. The molecule has 1 heterocycles. The van der Waals surface area contributed by atoms with Crippen molar-refractivity contribution >= 4 is 0 Å². The lowest BCUT2D eigenvalue weighted by molar-refractivity contribution is 0.142. The summed E-state index contributed by atoms with van der Waals surface area (Å²) in [5.41, 5.74) is 0.897. The Bertz CT molecular complexity index is 462. The Hall–Kier alpha value is -0.970. The van der Waals surface area contributed by atoms with E-state index in [0.29, 0.717) is 6.61 Å². The van der Waals surface area contributed by atoms with Gasteiger partial charge in [0.2, 0.25) is 0 Å². The molecule has 1 aliphatic heterocycles. The van der Waals surface area contributed by atoms with Crippen LogP contribution in [0.2, 0.25) is 0 Å². The number of halogens is 1. The molecule has 1 aromatic rings. The van der Waals surface area contributed by atoms with Crippen molar-refractivity contribution in [2.75, 3.05) is 26.4 Å². The molecule has 2 aliphatic rings. The zero-order valence-electron chi connectivity index (χ0n) is 12.4. The third-order valence-electron chi connectivity index (χ3n) is 5.23. The second kappa shape index (κ2) is 6.03. The lowest BCUT2D eigenvalue weighted by atomic mass is 9.79. The van der Waals surface area contributed by atoms with Crippen molar-refractivity contribution in [3.8, 4) is 0 Å². The summed E-state index contributed by atoms with van der Waals surface area (Å²) in [5.74, 6) is -0.205. The average molecular weight is 293 g/mol. The maximum Gasteiger partial charge on any atom is 0.123 e. The Morgan fingerprint density at radius 3 is 2.43 bits per heavy atom. The Kier molecular flexibility index (Phi) is 4.29. The molecule has 1 atom stereocenters.